The Labute approximate surface area is 138 Å². The molecule has 0 spiro atoms. The molecule has 5 nitrogen and oxygen atoms in total. The Morgan fingerprint density at radius 1 is 1.30 bits per heavy atom. The Kier molecular flexibility index (Phi) is 3.56. The number of rotatable bonds is 3. The second-order valence-electron chi connectivity index (χ2n) is 6.37. The fourth-order valence-electron chi connectivity index (χ4n) is 3.21. The van der Waals surface area contributed by atoms with Crippen molar-refractivity contribution in [1.29, 1.82) is 0 Å². The highest BCUT2D eigenvalue weighted by Gasteiger charge is 2.40. The summed E-state index contributed by atoms with van der Waals surface area (Å²) in [5.74, 6) is 0.258. The molecule has 2 aromatic rings. The maximum absolute atomic E-state index is 12.6. The van der Waals surface area contributed by atoms with Crippen molar-refractivity contribution in [3.8, 4) is 0 Å². The van der Waals surface area contributed by atoms with Crippen LogP contribution in [0.4, 0.5) is 5.69 Å². The van der Waals surface area contributed by atoms with Crippen molar-refractivity contribution < 1.29 is 9.59 Å². The summed E-state index contributed by atoms with van der Waals surface area (Å²) >= 11 is 1.62. The zero-order valence-electron chi connectivity index (χ0n) is 13.0. The fraction of sp³-hybridized carbons (Fsp3) is 0.471. The van der Waals surface area contributed by atoms with E-state index in [2.05, 4.69) is 10.3 Å². The number of hydrogen-bond acceptors (Lipinski definition) is 4. The number of fused-ring (bicyclic) bond motifs is 1. The molecule has 23 heavy (non-hydrogen) atoms. The molecule has 1 aliphatic carbocycles. The molecule has 1 atom stereocenters. The van der Waals surface area contributed by atoms with Gasteiger partial charge in [-0.05, 0) is 50.8 Å². The Balaban J connectivity index is 1.50. The fourth-order valence-corrected chi connectivity index (χ4v) is 4.08. The van der Waals surface area contributed by atoms with Gasteiger partial charge < -0.3 is 10.2 Å². The average Bonchev–Trinajstić information content (AvgIpc) is 3.13. The van der Waals surface area contributed by atoms with Crippen molar-refractivity contribution in [3.63, 3.8) is 0 Å². The molecule has 0 unspecified atom stereocenters. The third-order valence-corrected chi connectivity index (χ3v) is 5.46. The zero-order valence-corrected chi connectivity index (χ0v) is 13.9. The third kappa shape index (κ3) is 2.83. The number of thiazole rings is 1. The summed E-state index contributed by atoms with van der Waals surface area (Å²) in [5, 5.41) is 3.99. The van der Waals surface area contributed by atoms with Crippen LogP contribution in [0, 0.1) is 12.8 Å². The van der Waals surface area contributed by atoms with Crippen molar-refractivity contribution >= 4 is 39.1 Å². The van der Waals surface area contributed by atoms with Gasteiger partial charge in [-0.25, -0.2) is 4.98 Å². The standard InChI is InChI=1S/C17H19N3O2S/c1-10-18-13-7-6-12(9-15(13)23-10)19-16(21)14-3-2-8-20(14)17(22)11-4-5-11/h6-7,9,11,14H,2-5,8H2,1H3,(H,19,21)/t14-/m1/s1. The Hall–Kier alpha value is -1.95. The molecule has 4 rings (SSSR count). The van der Waals surface area contributed by atoms with E-state index in [0.29, 0.717) is 6.54 Å². The maximum atomic E-state index is 12.6. The van der Waals surface area contributed by atoms with E-state index in [1.54, 1.807) is 16.2 Å². The summed E-state index contributed by atoms with van der Waals surface area (Å²) in [4.78, 5) is 31.1. The monoisotopic (exact) mass is 329 g/mol. The smallest absolute Gasteiger partial charge is 0.247 e. The van der Waals surface area contributed by atoms with Gasteiger partial charge in [0.2, 0.25) is 11.8 Å². The van der Waals surface area contributed by atoms with E-state index >= 15 is 0 Å². The predicted molar refractivity (Wildman–Crippen MR) is 90.4 cm³/mol. The van der Waals surface area contributed by atoms with E-state index in [0.717, 1.165) is 46.6 Å². The molecule has 1 aromatic carbocycles. The summed E-state index contributed by atoms with van der Waals surface area (Å²) in [6.45, 7) is 2.68. The Morgan fingerprint density at radius 3 is 2.91 bits per heavy atom. The lowest BCUT2D eigenvalue weighted by Crippen LogP contribution is -2.43. The Bertz CT molecular complexity index is 781. The Morgan fingerprint density at radius 2 is 2.13 bits per heavy atom. The first-order valence-electron chi connectivity index (χ1n) is 8.10. The largest absolute Gasteiger partial charge is 0.330 e. The van der Waals surface area contributed by atoms with Gasteiger partial charge in [0.15, 0.2) is 0 Å². The number of carbonyl (C=O) groups is 2. The second kappa shape index (κ2) is 5.60. The molecular weight excluding hydrogens is 310 g/mol. The molecule has 0 bridgehead atoms. The highest BCUT2D eigenvalue weighted by Crippen LogP contribution is 2.34. The summed E-state index contributed by atoms with van der Waals surface area (Å²) in [6, 6.07) is 5.44. The minimum atomic E-state index is -0.318. The van der Waals surface area contributed by atoms with Crippen LogP contribution in [0.5, 0.6) is 0 Å². The van der Waals surface area contributed by atoms with Crippen molar-refractivity contribution in [2.75, 3.05) is 11.9 Å². The predicted octanol–water partition coefficient (Wildman–Crippen LogP) is 2.94. The zero-order chi connectivity index (χ0) is 16.0. The molecular formula is C17H19N3O2S. The number of likely N-dealkylation sites (tertiary alicyclic amines) is 1. The average molecular weight is 329 g/mol. The molecule has 120 valence electrons. The molecule has 2 fully saturated rings. The van der Waals surface area contributed by atoms with E-state index in [4.69, 9.17) is 0 Å². The number of benzene rings is 1. The van der Waals surface area contributed by atoms with E-state index in [9.17, 15) is 9.59 Å². The van der Waals surface area contributed by atoms with Crippen molar-refractivity contribution in [3.05, 3.63) is 23.2 Å². The maximum Gasteiger partial charge on any atom is 0.247 e. The minimum Gasteiger partial charge on any atom is -0.330 e. The highest BCUT2D eigenvalue weighted by atomic mass is 32.1. The summed E-state index contributed by atoms with van der Waals surface area (Å²) in [6.07, 6.45) is 3.62. The molecule has 1 aromatic heterocycles. The van der Waals surface area contributed by atoms with Crippen LogP contribution >= 0.6 is 11.3 Å². The number of hydrogen-bond donors (Lipinski definition) is 1. The van der Waals surface area contributed by atoms with Crippen molar-refractivity contribution in [1.82, 2.24) is 9.88 Å². The van der Waals surface area contributed by atoms with E-state index < -0.39 is 0 Å². The molecule has 2 heterocycles. The topological polar surface area (TPSA) is 62.3 Å². The minimum absolute atomic E-state index is 0.0721. The number of aryl methyl sites for hydroxylation is 1. The van der Waals surface area contributed by atoms with Gasteiger partial charge in [-0.3, -0.25) is 9.59 Å². The first-order chi connectivity index (χ1) is 11.1. The first-order valence-corrected chi connectivity index (χ1v) is 8.92. The van der Waals surface area contributed by atoms with E-state index in [-0.39, 0.29) is 23.8 Å². The normalized spacial score (nSPS) is 20.9. The van der Waals surface area contributed by atoms with Gasteiger partial charge in [0, 0.05) is 18.2 Å². The molecule has 0 radical (unpaired) electrons. The van der Waals surface area contributed by atoms with Crippen LogP contribution in [0.2, 0.25) is 0 Å². The van der Waals surface area contributed by atoms with Gasteiger partial charge in [0.05, 0.1) is 15.2 Å². The number of nitrogens with zero attached hydrogens (tertiary/aromatic N) is 2. The van der Waals surface area contributed by atoms with Gasteiger partial charge in [-0.2, -0.15) is 0 Å². The lowest BCUT2D eigenvalue weighted by Gasteiger charge is -2.24. The molecule has 1 aliphatic heterocycles. The van der Waals surface area contributed by atoms with Crippen molar-refractivity contribution in [2.45, 2.75) is 38.6 Å². The molecule has 2 aliphatic rings. The lowest BCUT2D eigenvalue weighted by atomic mass is 10.2. The van der Waals surface area contributed by atoms with E-state index in [1.165, 1.54) is 0 Å². The quantitative estimate of drug-likeness (QED) is 0.942. The van der Waals surface area contributed by atoms with Gasteiger partial charge in [-0.1, -0.05) is 0 Å². The van der Waals surface area contributed by atoms with Crippen LogP contribution in [0.1, 0.15) is 30.7 Å². The number of carbonyl (C=O) groups excluding carboxylic acids is 2. The van der Waals surface area contributed by atoms with Crippen LogP contribution in [0.15, 0.2) is 18.2 Å². The molecule has 2 amide bonds. The third-order valence-electron chi connectivity index (χ3n) is 4.53. The van der Waals surface area contributed by atoms with Crippen LogP contribution in [-0.2, 0) is 9.59 Å². The van der Waals surface area contributed by atoms with Gasteiger partial charge in [0.25, 0.3) is 0 Å². The van der Waals surface area contributed by atoms with Gasteiger partial charge in [-0.15, -0.1) is 11.3 Å². The number of anilines is 1. The molecule has 1 saturated heterocycles. The number of amides is 2. The van der Waals surface area contributed by atoms with Gasteiger partial charge in [0.1, 0.15) is 6.04 Å². The summed E-state index contributed by atoms with van der Waals surface area (Å²) in [7, 11) is 0. The van der Waals surface area contributed by atoms with Gasteiger partial charge >= 0.3 is 0 Å². The van der Waals surface area contributed by atoms with E-state index in [1.807, 2.05) is 25.1 Å². The van der Waals surface area contributed by atoms with Crippen LogP contribution in [0.25, 0.3) is 10.2 Å². The molecule has 1 saturated carbocycles. The highest BCUT2D eigenvalue weighted by molar-refractivity contribution is 7.18. The van der Waals surface area contributed by atoms with Crippen molar-refractivity contribution in [2.24, 2.45) is 5.92 Å². The lowest BCUT2D eigenvalue weighted by molar-refractivity contribution is -0.137. The summed E-state index contributed by atoms with van der Waals surface area (Å²) in [5.41, 5.74) is 1.73. The van der Waals surface area contributed by atoms with Crippen LogP contribution in [-0.4, -0.2) is 34.3 Å². The number of aromatic nitrogens is 1. The summed E-state index contributed by atoms with van der Waals surface area (Å²) < 4.78 is 1.07. The first kappa shape index (κ1) is 14.6. The number of nitrogens with one attached hydrogen (secondary N) is 1. The van der Waals surface area contributed by atoms with Crippen LogP contribution < -0.4 is 5.32 Å². The molecule has 6 heteroatoms. The second-order valence-corrected chi connectivity index (χ2v) is 7.60. The van der Waals surface area contributed by atoms with Crippen LogP contribution in [0.3, 0.4) is 0 Å². The SMILES string of the molecule is Cc1nc2ccc(NC(=O)[C@H]3CCCN3C(=O)C3CC3)cc2s1. The molecule has 1 N–H and O–H groups in total.